The highest BCUT2D eigenvalue weighted by molar-refractivity contribution is 6.17. The number of nitrogens with zero attached hydrogens (tertiary/aromatic N) is 1. The average Bonchev–Trinajstić information content (AvgIpc) is 2.41. The Kier molecular flexibility index (Phi) is 4.58. The van der Waals surface area contributed by atoms with Crippen molar-refractivity contribution in [3.05, 3.63) is 52.7 Å². The van der Waals surface area contributed by atoms with Crippen molar-refractivity contribution < 1.29 is 4.74 Å². The van der Waals surface area contributed by atoms with E-state index in [4.69, 9.17) is 16.3 Å². The topological polar surface area (TPSA) is 22.1 Å². The fourth-order valence-electron chi connectivity index (χ4n) is 2.00. The molecule has 0 amide bonds. The number of alkyl halides is 1. The molecular formula is C18H22ClNO. The average molecular weight is 304 g/mol. The number of hydrogen-bond acceptors (Lipinski definition) is 2. The molecule has 2 nitrogen and oxygen atoms in total. The summed E-state index contributed by atoms with van der Waals surface area (Å²) in [4.78, 5) is 4.64. The molecule has 0 bridgehead atoms. The summed E-state index contributed by atoms with van der Waals surface area (Å²) in [5.41, 5.74) is 4.23. The number of aryl methyl sites for hydroxylation is 2. The third-order valence-electron chi connectivity index (χ3n) is 3.34. The maximum atomic E-state index is 6.00. The molecule has 1 aromatic carbocycles. The van der Waals surface area contributed by atoms with Crippen LogP contribution in [0.25, 0.3) is 0 Å². The highest BCUT2D eigenvalue weighted by atomic mass is 35.5. The van der Waals surface area contributed by atoms with Gasteiger partial charge in [-0.1, -0.05) is 32.9 Å². The molecule has 0 N–H and O–H groups in total. The fraction of sp³-hybridized carbons (Fsp3) is 0.389. The molecule has 0 radical (unpaired) electrons. The monoisotopic (exact) mass is 303 g/mol. The first-order chi connectivity index (χ1) is 9.79. The maximum absolute atomic E-state index is 6.00. The number of aromatic nitrogens is 1. The van der Waals surface area contributed by atoms with Crippen molar-refractivity contribution in [2.24, 2.45) is 0 Å². The van der Waals surface area contributed by atoms with Crippen LogP contribution in [0.4, 0.5) is 0 Å². The lowest BCUT2D eigenvalue weighted by molar-refractivity contribution is 0.448. The van der Waals surface area contributed by atoms with E-state index in [1.165, 1.54) is 5.56 Å². The Hall–Kier alpha value is -1.54. The molecule has 112 valence electrons. The van der Waals surface area contributed by atoms with Crippen molar-refractivity contribution in [2.75, 3.05) is 0 Å². The van der Waals surface area contributed by atoms with E-state index in [0.29, 0.717) is 11.8 Å². The Labute approximate surface area is 132 Å². The number of ether oxygens (including phenoxy) is 1. The van der Waals surface area contributed by atoms with E-state index in [0.717, 1.165) is 22.6 Å². The number of pyridine rings is 1. The molecule has 0 unspecified atom stereocenters. The molecule has 0 aliphatic rings. The van der Waals surface area contributed by atoms with Crippen LogP contribution in [0.3, 0.4) is 0 Å². The summed E-state index contributed by atoms with van der Waals surface area (Å²) in [5, 5.41) is 0. The zero-order chi connectivity index (χ0) is 15.6. The number of benzene rings is 1. The summed E-state index contributed by atoms with van der Waals surface area (Å²) in [6.45, 7) is 10.5. The minimum atomic E-state index is -0.0399. The van der Waals surface area contributed by atoms with Crippen LogP contribution in [0.15, 0.2) is 30.3 Å². The first-order valence-electron chi connectivity index (χ1n) is 7.12. The van der Waals surface area contributed by atoms with Gasteiger partial charge in [-0.05, 0) is 42.7 Å². The third kappa shape index (κ3) is 3.98. The Morgan fingerprint density at radius 1 is 1.10 bits per heavy atom. The quantitative estimate of drug-likeness (QED) is 0.696. The SMILES string of the molecule is Cc1ccc(C)c(Oc2cc(CCl)cc(C(C)(C)C)n2)c1. The molecule has 2 aromatic rings. The molecule has 0 fully saturated rings. The normalized spacial score (nSPS) is 11.5. The summed E-state index contributed by atoms with van der Waals surface area (Å²) >= 11 is 6.00. The lowest BCUT2D eigenvalue weighted by Gasteiger charge is -2.20. The molecule has 21 heavy (non-hydrogen) atoms. The summed E-state index contributed by atoms with van der Waals surface area (Å²) in [6, 6.07) is 10.1. The maximum Gasteiger partial charge on any atom is 0.219 e. The molecular weight excluding hydrogens is 282 g/mol. The van der Waals surface area contributed by atoms with Gasteiger partial charge in [-0.15, -0.1) is 11.6 Å². The molecule has 0 spiro atoms. The van der Waals surface area contributed by atoms with Gasteiger partial charge in [-0.3, -0.25) is 0 Å². The van der Waals surface area contributed by atoms with Crippen molar-refractivity contribution in [1.29, 1.82) is 0 Å². The van der Waals surface area contributed by atoms with Gasteiger partial charge in [0.25, 0.3) is 0 Å². The van der Waals surface area contributed by atoms with Crippen LogP contribution >= 0.6 is 11.6 Å². The van der Waals surface area contributed by atoms with E-state index in [1.54, 1.807) is 0 Å². The minimum Gasteiger partial charge on any atom is -0.439 e. The second-order valence-corrected chi connectivity index (χ2v) is 6.72. The van der Waals surface area contributed by atoms with E-state index < -0.39 is 0 Å². The van der Waals surface area contributed by atoms with Crippen LogP contribution in [0.2, 0.25) is 0 Å². The number of halogens is 1. The van der Waals surface area contributed by atoms with Gasteiger partial charge in [-0.2, -0.15) is 0 Å². The fourth-order valence-corrected chi connectivity index (χ4v) is 2.16. The summed E-state index contributed by atoms with van der Waals surface area (Å²) in [6.07, 6.45) is 0. The first kappa shape index (κ1) is 15.8. The molecule has 0 saturated heterocycles. The summed E-state index contributed by atoms with van der Waals surface area (Å²) in [7, 11) is 0. The van der Waals surface area contributed by atoms with Crippen molar-refractivity contribution in [2.45, 2.75) is 45.9 Å². The van der Waals surface area contributed by atoms with Crippen LogP contribution in [0.1, 0.15) is 43.2 Å². The summed E-state index contributed by atoms with van der Waals surface area (Å²) in [5.74, 6) is 1.90. The van der Waals surface area contributed by atoms with Crippen LogP contribution in [0, 0.1) is 13.8 Å². The first-order valence-corrected chi connectivity index (χ1v) is 7.65. The second-order valence-electron chi connectivity index (χ2n) is 6.45. The number of hydrogen-bond donors (Lipinski definition) is 0. The second kappa shape index (κ2) is 6.07. The van der Waals surface area contributed by atoms with Crippen molar-refractivity contribution >= 4 is 11.6 Å². The predicted molar refractivity (Wildman–Crippen MR) is 88.5 cm³/mol. The van der Waals surface area contributed by atoms with Gasteiger partial charge < -0.3 is 4.74 Å². The molecule has 0 aliphatic heterocycles. The minimum absolute atomic E-state index is 0.0399. The van der Waals surface area contributed by atoms with Gasteiger partial charge in [0, 0.05) is 17.4 Å². The Bertz CT molecular complexity index is 644. The van der Waals surface area contributed by atoms with Crippen LogP contribution in [-0.4, -0.2) is 4.98 Å². The van der Waals surface area contributed by atoms with Gasteiger partial charge in [-0.25, -0.2) is 4.98 Å². The van der Waals surface area contributed by atoms with E-state index in [9.17, 15) is 0 Å². The van der Waals surface area contributed by atoms with Gasteiger partial charge in [0.1, 0.15) is 5.75 Å². The van der Waals surface area contributed by atoms with Gasteiger partial charge in [0.05, 0.1) is 5.69 Å². The van der Waals surface area contributed by atoms with E-state index in [1.807, 2.05) is 25.1 Å². The zero-order valence-electron chi connectivity index (χ0n) is 13.3. The molecule has 1 aromatic heterocycles. The highest BCUT2D eigenvalue weighted by Gasteiger charge is 2.18. The standard InChI is InChI=1S/C18H22ClNO/c1-12-6-7-13(2)15(8-12)21-17-10-14(11-19)9-16(20-17)18(3,4)5/h6-10H,11H2,1-5H3. The van der Waals surface area contributed by atoms with Crippen LogP contribution in [0.5, 0.6) is 11.6 Å². The molecule has 3 heteroatoms. The molecule has 0 atom stereocenters. The Morgan fingerprint density at radius 3 is 2.43 bits per heavy atom. The molecule has 1 heterocycles. The molecule has 0 saturated carbocycles. The Balaban J connectivity index is 2.42. The molecule has 2 rings (SSSR count). The van der Waals surface area contributed by atoms with Crippen molar-refractivity contribution in [3.8, 4) is 11.6 Å². The van der Waals surface area contributed by atoms with E-state index in [2.05, 4.69) is 44.8 Å². The zero-order valence-corrected chi connectivity index (χ0v) is 14.1. The lowest BCUT2D eigenvalue weighted by atomic mass is 9.91. The van der Waals surface area contributed by atoms with Gasteiger partial charge in [0.15, 0.2) is 0 Å². The molecule has 0 aliphatic carbocycles. The van der Waals surface area contributed by atoms with Crippen molar-refractivity contribution in [3.63, 3.8) is 0 Å². The predicted octanol–water partition coefficient (Wildman–Crippen LogP) is 5.53. The van der Waals surface area contributed by atoms with Crippen LogP contribution < -0.4 is 4.74 Å². The van der Waals surface area contributed by atoms with Gasteiger partial charge in [0.2, 0.25) is 5.88 Å². The van der Waals surface area contributed by atoms with Crippen LogP contribution in [-0.2, 0) is 11.3 Å². The Morgan fingerprint density at radius 2 is 1.81 bits per heavy atom. The summed E-state index contributed by atoms with van der Waals surface area (Å²) < 4.78 is 6.00. The van der Waals surface area contributed by atoms with Crippen molar-refractivity contribution in [1.82, 2.24) is 4.98 Å². The van der Waals surface area contributed by atoms with Gasteiger partial charge >= 0.3 is 0 Å². The third-order valence-corrected chi connectivity index (χ3v) is 3.65. The largest absolute Gasteiger partial charge is 0.439 e. The highest BCUT2D eigenvalue weighted by Crippen LogP contribution is 2.29. The smallest absolute Gasteiger partial charge is 0.219 e. The number of rotatable bonds is 3. The van der Waals surface area contributed by atoms with E-state index in [-0.39, 0.29) is 5.41 Å². The van der Waals surface area contributed by atoms with E-state index >= 15 is 0 Å². The lowest BCUT2D eigenvalue weighted by Crippen LogP contribution is -2.14.